The minimum atomic E-state index is -0.882. The van der Waals surface area contributed by atoms with Crippen LogP contribution in [-0.4, -0.2) is 27.9 Å². The molecule has 4 aromatic rings. The number of aromatic amines is 1. The minimum Gasteiger partial charge on any atom is -0.507 e. The van der Waals surface area contributed by atoms with E-state index in [4.69, 9.17) is 11.6 Å². The van der Waals surface area contributed by atoms with Gasteiger partial charge in [-0.25, -0.2) is 0 Å². The van der Waals surface area contributed by atoms with Crippen molar-refractivity contribution < 1.29 is 14.7 Å². The maximum Gasteiger partial charge on any atom is 0.255 e. The third-order valence-electron chi connectivity index (χ3n) is 5.16. The zero-order valence-electron chi connectivity index (χ0n) is 17.4. The Kier molecular flexibility index (Phi) is 6.14. The van der Waals surface area contributed by atoms with Crippen molar-refractivity contribution in [2.24, 2.45) is 0 Å². The van der Waals surface area contributed by atoms with Gasteiger partial charge in [0.15, 0.2) is 0 Å². The highest BCUT2D eigenvalue weighted by Crippen LogP contribution is 2.22. The van der Waals surface area contributed by atoms with Crippen molar-refractivity contribution in [3.05, 3.63) is 94.6 Å². The lowest BCUT2D eigenvalue weighted by Crippen LogP contribution is -2.45. The van der Waals surface area contributed by atoms with Crippen LogP contribution in [0.25, 0.3) is 10.9 Å². The molecule has 0 aliphatic heterocycles. The smallest absolute Gasteiger partial charge is 0.255 e. The molecular weight excluding hydrogens is 426 g/mol. The number of hydrogen-bond acceptors (Lipinski definition) is 3. The summed E-state index contributed by atoms with van der Waals surface area (Å²) in [6.07, 6.45) is 0.243. The number of phenolic OH excluding ortho intramolecular Hbond substituents is 1. The van der Waals surface area contributed by atoms with Crippen LogP contribution in [0.2, 0.25) is 5.02 Å². The second kappa shape index (κ2) is 9.16. The van der Waals surface area contributed by atoms with E-state index < -0.39 is 11.9 Å². The summed E-state index contributed by atoms with van der Waals surface area (Å²) in [7, 11) is 0. The number of halogens is 1. The van der Waals surface area contributed by atoms with Crippen LogP contribution in [0.5, 0.6) is 5.75 Å². The Morgan fingerprint density at radius 1 is 1.03 bits per heavy atom. The van der Waals surface area contributed by atoms with Crippen LogP contribution in [0, 0.1) is 6.92 Å². The van der Waals surface area contributed by atoms with Gasteiger partial charge >= 0.3 is 0 Å². The largest absolute Gasteiger partial charge is 0.507 e. The first-order valence-electron chi connectivity index (χ1n) is 10.1. The van der Waals surface area contributed by atoms with Crippen LogP contribution in [0.1, 0.15) is 21.6 Å². The fraction of sp³-hybridized carbons (Fsp3) is 0.120. The van der Waals surface area contributed by atoms with E-state index in [0.717, 1.165) is 22.2 Å². The van der Waals surface area contributed by atoms with Gasteiger partial charge in [-0.3, -0.25) is 9.59 Å². The Labute approximate surface area is 190 Å². The Hall–Kier alpha value is -3.77. The molecule has 0 unspecified atom stereocenters. The average molecular weight is 448 g/mol. The Balaban J connectivity index is 1.59. The first-order chi connectivity index (χ1) is 15.4. The van der Waals surface area contributed by atoms with Crippen molar-refractivity contribution >= 4 is 40.0 Å². The van der Waals surface area contributed by atoms with Crippen molar-refractivity contribution in [1.29, 1.82) is 0 Å². The third-order valence-corrected chi connectivity index (χ3v) is 5.39. The molecule has 4 N–H and O–H groups in total. The predicted octanol–water partition coefficient (Wildman–Crippen LogP) is 4.82. The van der Waals surface area contributed by atoms with Gasteiger partial charge in [0, 0.05) is 28.3 Å². The summed E-state index contributed by atoms with van der Waals surface area (Å²) in [6.45, 7) is 1.96. The molecule has 0 aliphatic carbocycles. The normalized spacial score (nSPS) is 11.8. The fourth-order valence-corrected chi connectivity index (χ4v) is 3.64. The van der Waals surface area contributed by atoms with Crippen LogP contribution in [0.4, 0.5) is 5.69 Å². The number of aryl methyl sites for hydroxylation is 1. The van der Waals surface area contributed by atoms with E-state index in [0.29, 0.717) is 10.7 Å². The highest BCUT2D eigenvalue weighted by Gasteiger charge is 2.24. The molecule has 2 amide bonds. The van der Waals surface area contributed by atoms with Crippen molar-refractivity contribution in [3.8, 4) is 5.75 Å². The van der Waals surface area contributed by atoms with Gasteiger partial charge in [0.1, 0.15) is 11.8 Å². The summed E-state index contributed by atoms with van der Waals surface area (Å²) >= 11 is 5.87. The summed E-state index contributed by atoms with van der Waals surface area (Å²) in [5, 5.41) is 17.0. The second-order valence-electron chi connectivity index (χ2n) is 7.63. The number of aromatic nitrogens is 1. The SMILES string of the molecule is Cc1ccc(NC(=O)[C@H](Cc2cc3ccccc3[nH]2)NC(=O)c2ccc(Cl)cc2O)cc1. The van der Waals surface area contributed by atoms with Crippen LogP contribution in [0.15, 0.2) is 72.8 Å². The minimum absolute atomic E-state index is 0.0409. The van der Waals surface area contributed by atoms with Gasteiger partial charge in [0.25, 0.3) is 5.91 Å². The molecule has 3 aromatic carbocycles. The molecule has 162 valence electrons. The van der Waals surface area contributed by atoms with Crippen molar-refractivity contribution in [1.82, 2.24) is 10.3 Å². The number of carbonyl (C=O) groups is 2. The number of para-hydroxylation sites is 1. The molecule has 7 heteroatoms. The van der Waals surface area contributed by atoms with Gasteiger partial charge in [0.05, 0.1) is 5.56 Å². The number of rotatable bonds is 6. The third kappa shape index (κ3) is 4.92. The predicted molar refractivity (Wildman–Crippen MR) is 126 cm³/mol. The molecule has 32 heavy (non-hydrogen) atoms. The molecule has 0 radical (unpaired) electrons. The summed E-state index contributed by atoms with van der Waals surface area (Å²) in [6, 6.07) is 20.5. The molecule has 0 bridgehead atoms. The van der Waals surface area contributed by atoms with Crippen LogP contribution < -0.4 is 10.6 Å². The fourth-order valence-electron chi connectivity index (χ4n) is 3.47. The maximum absolute atomic E-state index is 13.1. The van der Waals surface area contributed by atoms with Crippen LogP contribution in [-0.2, 0) is 11.2 Å². The van der Waals surface area contributed by atoms with Gasteiger partial charge in [-0.05, 0) is 54.8 Å². The topological polar surface area (TPSA) is 94.2 Å². The van der Waals surface area contributed by atoms with Gasteiger partial charge < -0.3 is 20.7 Å². The number of carbonyl (C=O) groups excluding carboxylic acids is 2. The van der Waals surface area contributed by atoms with Crippen molar-refractivity contribution in [2.45, 2.75) is 19.4 Å². The number of amides is 2. The first kappa shape index (κ1) is 21.5. The zero-order valence-corrected chi connectivity index (χ0v) is 18.1. The molecule has 0 spiro atoms. The number of benzene rings is 3. The molecular formula is C25H22ClN3O3. The summed E-state index contributed by atoms with van der Waals surface area (Å²) in [5.74, 6) is -1.19. The average Bonchev–Trinajstić information content (AvgIpc) is 3.17. The van der Waals surface area contributed by atoms with Gasteiger partial charge in [-0.1, -0.05) is 47.5 Å². The van der Waals surface area contributed by atoms with Gasteiger partial charge in [0.2, 0.25) is 5.91 Å². The Morgan fingerprint density at radius 2 is 1.78 bits per heavy atom. The maximum atomic E-state index is 13.1. The molecule has 4 rings (SSSR count). The van der Waals surface area contributed by atoms with E-state index in [1.165, 1.54) is 18.2 Å². The molecule has 0 saturated carbocycles. The zero-order chi connectivity index (χ0) is 22.7. The Bertz CT molecular complexity index is 1250. The molecule has 6 nitrogen and oxygen atoms in total. The second-order valence-corrected chi connectivity index (χ2v) is 8.07. The lowest BCUT2D eigenvalue weighted by Gasteiger charge is -2.19. The highest BCUT2D eigenvalue weighted by molar-refractivity contribution is 6.30. The molecule has 0 saturated heterocycles. The van der Waals surface area contributed by atoms with E-state index in [2.05, 4.69) is 15.6 Å². The van der Waals surface area contributed by atoms with Crippen LogP contribution >= 0.6 is 11.6 Å². The molecule has 1 heterocycles. The van der Waals surface area contributed by atoms with E-state index in [-0.39, 0.29) is 23.6 Å². The van der Waals surface area contributed by atoms with E-state index >= 15 is 0 Å². The van der Waals surface area contributed by atoms with Crippen molar-refractivity contribution in [2.75, 3.05) is 5.32 Å². The number of nitrogens with one attached hydrogen (secondary N) is 3. The van der Waals surface area contributed by atoms with Gasteiger partial charge in [-0.2, -0.15) is 0 Å². The van der Waals surface area contributed by atoms with E-state index in [1.54, 1.807) is 12.1 Å². The number of H-pyrrole nitrogens is 1. The standard InChI is InChI=1S/C25H22ClN3O3/c1-15-6-9-18(10-7-15)28-25(32)22(14-19-12-16-4-2-3-5-21(16)27-19)29-24(31)20-11-8-17(26)13-23(20)30/h2-13,22,27,30H,14H2,1H3,(H,28,32)(H,29,31)/t22-/m0/s1. The molecule has 1 aromatic heterocycles. The summed E-state index contributed by atoms with van der Waals surface area (Å²) in [4.78, 5) is 29.2. The number of hydrogen-bond donors (Lipinski definition) is 4. The quantitative estimate of drug-likeness (QED) is 0.341. The lowest BCUT2D eigenvalue weighted by atomic mass is 10.1. The monoisotopic (exact) mass is 447 g/mol. The first-order valence-corrected chi connectivity index (χ1v) is 10.5. The number of anilines is 1. The summed E-state index contributed by atoms with van der Waals surface area (Å²) in [5.41, 5.74) is 3.49. The van der Waals surface area contributed by atoms with Gasteiger partial charge in [-0.15, -0.1) is 0 Å². The van der Waals surface area contributed by atoms with Crippen molar-refractivity contribution in [3.63, 3.8) is 0 Å². The van der Waals surface area contributed by atoms with Crippen LogP contribution in [0.3, 0.4) is 0 Å². The van der Waals surface area contributed by atoms with E-state index in [9.17, 15) is 14.7 Å². The Morgan fingerprint density at radius 3 is 2.50 bits per heavy atom. The highest BCUT2D eigenvalue weighted by atomic mass is 35.5. The number of fused-ring (bicyclic) bond motifs is 1. The molecule has 0 aliphatic rings. The molecule has 0 fully saturated rings. The summed E-state index contributed by atoms with van der Waals surface area (Å²) < 4.78 is 0. The van der Waals surface area contributed by atoms with E-state index in [1.807, 2.05) is 49.4 Å². The number of phenols is 1. The molecule has 1 atom stereocenters. The lowest BCUT2D eigenvalue weighted by molar-refractivity contribution is -0.118. The number of aromatic hydroxyl groups is 1.